The third-order valence-electron chi connectivity index (χ3n) is 3.67. The maximum absolute atomic E-state index is 12.4. The summed E-state index contributed by atoms with van der Waals surface area (Å²) < 4.78 is 0. The summed E-state index contributed by atoms with van der Waals surface area (Å²) in [5.41, 5.74) is 0.852. The van der Waals surface area contributed by atoms with Crippen LogP contribution in [0.5, 0.6) is 0 Å². The van der Waals surface area contributed by atoms with Crippen LogP contribution in [-0.4, -0.2) is 13.0 Å². The van der Waals surface area contributed by atoms with Crippen molar-refractivity contribution in [2.45, 2.75) is 32.6 Å². The fourth-order valence-corrected chi connectivity index (χ4v) is 2.54. The van der Waals surface area contributed by atoms with Crippen molar-refractivity contribution in [3.8, 4) is 0 Å². The van der Waals surface area contributed by atoms with Crippen molar-refractivity contribution in [3.63, 3.8) is 0 Å². The molecule has 0 spiro atoms. The van der Waals surface area contributed by atoms with Crippen LogP contribution in [-0.2, 0) is 4.79 Å². The van der Waals surface area contributed by atoms with Crippen LogP contribution < -0.4 is 4.90 Å². The first-order valence-electron chi connectivity index (χ1n) is 5.97. The predicted molar refractivity (Wildman–Crippen MR) is 66.4 cm³/mol. The van der Waals surface area contributed by atoms with Gasteiger partial charge in [-0.05, 0) is 25.0 Å². The Hall–Kier alpha value is -1.31. The van der Waals surface area contributed by atoms with Gasteiger partial charge in [0.25, 0.3) is 0 Å². The molecule has 1 aliphatic carbocycles. The number of nitrogens with zero attached hydrogens (tertiary/aromatic N) is 1. The highest BCUT2D eigenvalue weighted by Gasteiger charge is 2.38. The van der Waals surface area contributed by atoms with Gasteiger partial charge in [0.2, 0.25) is 5.91 Å². The van der Waals surface area contributed by atoms with Crippen LogP contribution in [0.15, 0.2) is 30.3 Å². The van der Waals surface area contributed by atoms with Crippen LogP contribution in [0.25, 0.3) is 0 Å². The molecule has 0 radical (unpaired) electrons. The maximum Gasteiger partial charge on any atom is 0.232 e. The monoisotopic (exact) mass is 217 g/mol. The second-order valence-corrected chi connectivity index (χ2v) is 4.97. The van der Waals surface area contributed by atoms with Crippen molar-refractivity contribution in [1.82, 2.24) is 0 Å². The van der Waals surface area contributed by atoms with E-state index in [9.17, 15) is 4.79 Å². The summed E-state index contributed by atoms with van der Waals surface area (Å²) in [5, 5.41) is 0. The van der Waals surface area contributed by atoms with Gasteiger partial charge in [0, 0.05) is 18.2 Å². The van der Waals surface area contributed by atoms with E-state index in [1.807, 2.05) is 37.4 Å². The molecule has 1 aliphatic rings. The molecule has 0 bridgehead atoms. The Labute approximate surface area is 97.3 Å². The van der Waals surface area contributed by atoms with Gasteiger partial charge >= 0.3 is 0 Å². The van der Waals surface area contributed by atoms with E-state index in [0.717, 1.165) is 18.5 Å². The number of rotatable bonds is 2. The third kappa shape index (κ3) is 1.97. The lowest BCUT2D eigenvalue weighted by Crippen LogP contribution is -2.38. The smallest absolute Gasteiger partial charge is 0.232 e. The van der Waals surface area contributed by atoms with Gasteiger partial charge in [-0.2, -0.15) is 0 Å². The van der Waals surface area contributed by atoms with E-state index in [4.69, 9.17) is 0 Å². The molecular weight excluding hydrogens is 198 g/mol. The predicted octanol–water partition coefficient (Wildman–Crippen LogP) is 3.23. The van der Waals surface area contributed by atoms with Crippen molar-refractivity contribution in [2.24, 2.45) is 5.41 Å². The summed E-state index contributed by atoms with van der Waals surface area (Å²) in [6.45, 7) is 2.10. The first-order chi connectivity index (χ1) is 7.63. The normalized spacial score (nSPS) is 18.4. The highest BCUT2D eigenvalue weighted by atomic mass is 16.2. The summed E-state index contributed by atoms with van der Waals surface area (Å²) in [7, 11) is 1.88. The lowest BCUT2D eigenvalue weighted by Gasteiger charge is -2.28. The SMILES string of the molecule is CN(C(=O)C1(C)CCCC1)c1ccccc1. The fourth-order valence-electron chi connectivity index (χ4n) is 2.54. The number of benzene rings is 1. The lowest BCUT2D eigenvalue weighted by atomic mass is 9.87. The Bertz CT molecular complexity index is 366. The lowest BCUT2D eigenvalue weighted by molar-refractivity contribution is -0.126. The van der Waals surface area contributed by atoms with E-state index < -0.39 is 0 Å². The Morgan fingerprint density at radius 3 is 2.31 bits per heavy atom. The first kappa shape index (κ1) is 11.2. The molecule has 16 heavy (non-hydrogen) atoms. The molecule has 1 saturated carbocycles. The van der Waals surface area contributed by atoms with E-state index in [2.05, 4.69) is 6.92 Å². The van der Waals surface area contributed by atoms with Crippen LogP contribution >= 0.6 is 0 Å². The standard InChI is InChI=1S/C14H19NO/c1-14(10-6-7-11-14)13(16)15(2)12-8-4-3-5-9-12/h3-5,8-9H,6-7,10-11H2,1-2H3. The number of hydrogen-bond acceptors (Lipinski definition) is 1. The van der Waals surface area contributed by atoms with E-state index in [-0.39, 0.29) is 11.3 Å². The molecule has 2 nitrogen and oxygen atoms in total. The fraction of sp³-hybridized carbons (Fsp3) is 0.500. The minimum absolute atomic E-state index is 0.134. The Balaban J connectivity index is 2.16. The highest BCUT2D eigenvalue weighted by molar-refractivity contribution is 5.97. The van der Waals surface area contributed by atoms with Gasteiger partial charge in [-0.1, -0.05) is 38.0 Å². The second kappa shape index (κ2) is 4.28. The van der Waals surface area contributed by atoms with Gasteiger partial charge < -0.3 is 4.90 Å². The summed E-state index contributed by atoms with van der Waals surface area (Å²) in [5.74, 6) is 0.260. The zero-order chi connectivity index (χ0) is 11.6. The maximum atomic E-state index is 12.4. The average molecular weight is 217 g/mol. The van der Waals surface area contributed by atoms with E-state index in [0.29, 0.717) is 0 Å². The topological polar surface area (TPSA) is 20.3 Å². The Kier molecular flexibility index (Phi) is 2.99. The van der Waals surface area contributed by atoms with Crippen molar-refractivity contribution in [3.05, 3.63) is 30.3 Å². The molecule has 0 aliphatic heterocycles. The van der Waals surface area contributed by atoms with Crippen LogP contribution in [0.3, 0.4) is 0 Å². The molecule has 0 saturated heterocycles. The number of anilines is 1. The molecule has 1 amide bonds. The molecule has 0 aromatic heterocycles. The molecule has 1 aromatic carbocycles. The van der Waals surface area contributed by atoms with Crippen molar-refractivity contribution in [1.29, 1.82) is 0 Å². The van der Waals surface area contributed by atoms with Crippen LogP contribution in [0.4, 0.5) is 5.69 Å². The van der Waals surface area contributed by atoms with Gasteiger partial charge in [0.1, 0.15) is 0 Å². The average Bonchev–Trinajstić information content (AvgIpc) is 2.77. The van der Waals surface area contributed by atoms with Crippen LogP contribution in [0.2, 0.25) is 0 Å². The van der Waals surface area contributed by atoms with Gasteiger partial charge in [-0.15, -0.1) is 0 Å². The summed E-state index contributed by atoms with van der Waals surface area (Å²) in [6.07, 6.45) is 4.43. The van der Waals surface area contributed by atoms with Crippen LogP contribution in [0.1, 0.15) is 32.6 Å². The molecule has 0 atom stereocenters. The zero-order valence-corrected chi connectivity index (χ0v) is 10.1. The largest absolute Gasteiger partial charge is 0.315 e. The van der Waals surface area contributed by atoms with Crippen molar-refractivity contribution < 1.29 is 4.79 Å². The highest BCUT2D eigenvalue weighted by Crippen LogP contribution is 2.39. The van der Waals surface area contributed by atoms with Crippen LogP contribution in [0, 0.1) is 5.41 Å². The molecular formula is C14H19NO. The molecule has 0 unspecified atom stereocenters. The Morgan fingerprint density at radius 1 is 1.19 bits per heavy atom. The van der Waals surface area contributed by atoms with E-state index in [1.54, 1.807) is 4.90 Å². The van der Waals surface area contributed by atoms with Gasteiger partial charge in [-0.25, -0.2) is 0 Å². The summed E-state index contributed by atoms with van der Waals surface area (Å²) >= 11 is 0. The summed E-state index contributed by atoms with van der Waals surface area (Å²) in [4.78, 5) is 14.2. The first-order valence-corrected chi connectivity index (χ1v) is 5.97. The molecule has 1 fully saturated rings. The van der Waals surface area contributed by atoms with Gasteiger partial charge in [-0.3, -0.25) is 4.79 Å². The molecule has 0 N–H and O–H groups in total. The van der Waals surface area contributed by atoms with Crippen molar-refractivity contribution in [2.75, 3.05) is 11.9 Å². The third-order valence-corrected chi connectivity index (χ3v) is 3.67. The number of carbonyl (C=O) groups is 1. The number of hydrogen-bond donors (Lipinski definition) is 0. The van der Waals surface area contributed by atoms with Gasteiger partial charge in [0.15, 0.2) is 0 Å². The second-order valence-electron chi connectivity index (χ2n) is 4.97. The number of para-hydroxylation sites is 1. The molecule has 2 heteroatoms. The van der Waals surface area contributed by atoms with E-state index >= 15 is 0 Å². The number of amides is 1. The minimum atomic E-state index is -0.134. The van der Waals surface area contributed by atoms with E-state index in [1.165, 1.54) is 12.8 Å². The minimum Gasteiger partial charge on any atom is -0.315 e. The quantitative estimate of drug-likeness (QED) is 0.744. The molecule has 86 valence electrons. The summed E-state index contributed by atoms with van der Waals surface area (Å²) in [6, 6.07) is 9.87. The number of carbonyl (C=O) groups excluding carboxylic acids is 1. The molecule has 2 rings (SSSR count). The zero-order valence-electron chi connectivity index (χ0n) is 10.1. The van der Waals surface area contributed by atoms with Crippen molar-refractivity contribution >= 4 is 11.6 Å². The van der Waals surface area contributed by atoms with Gasteiger partial charge in [0.05, 0.1) is 0 Å². The molecule has 1 aromatic rings. The Morgan fingerprint density at radius 2 is 1.75 bits per heavy atom. The molecule has 0 heterocycles.